The molecule has 4 N–H and O–H groups in total. The van der Waals surface area contributed by atoms with Gasteiger partial charge in [0.1, 0.15) is 17.2 Å². The van der Waals surface area contributed by atoms with Gasteiger partial charge >= 0.3 is 5.69 Å². The van der Waals surface area contributed by atoms with Gasteiger partial charge in [-0.15, -0.1) is 0 Å². The Morgan fingerprint density at radius 1 is 1.06 bits per heavy atom. The summed E-state index contributed by atoms with van der Waals surface area (Å²) < 4.78 is 6.13. The molecule has 0 amide bonds. The minimum Gasteiger partial charge on any atom is -0.463 e. The Kier molecular flexibility index (Phi) is 6.31. The topological polar surface area (TPSA) is 135 Å². The molecule has 3 heterocycles. The number of H-pyrrole nitrogens is 2. The first kappa shape index (κ1) is 22.7. The third kappa shape index (κ3) is 5.13. The largest absolute Gasteiger partial charge is 0.463 e. The van der Waals surface area contributed by atoms with Crippen LogP contribution in [-0.2, 0) is 0 Å². The number of nitrogens with zero attached hydrogens (tertiary/aromatic N) is 4. The Bertz CT molecular complexity index is 1200. The van der Waals surface area contributed by atoms with Gasteiger partial charge in [-0.25, -0.2) is 19.9 Å². The summed E-state index contributed by atoms with van der Waals surface area (Å²) in [6, 6.07) is 8.80. The number of fused-ring (bicyclic) bond motifs is 1. The quantitative estimate of drug-likeness (QED) is 0.539. The van der Waals surface area contributed by atoms with E-state index in [9.17, 15) is 4.79 Å². The number of aromatic amines is 2. The van der Waals surface area contributed by atoms with Crippen molar-refractivity contribution in [3.63, 3.8) is 0 Å². The van der Waals surface area contributed by atoms with E-state index in [1.165, 1.54) is 37.7 Å². The summed E-state index contributed by atoms with van der Waals surface area (Å²) in [4.78, 5) is 25.9. The standard InChI is InChI=1S/C21H26N4O.C3H5N3O/c1-13-23-19(22)17-20(24-13)26-21(2,3)18(25-17)16-11-9-15(10-12-16)14-7-5-4-6-8-14;1-2-4-3(7)6-5-2/h9-12,14H,4-8H2,1-3H3,(H2,22,23,24);1H3,(H2,4,5,6,7). The van der Waals surface area contributed by atoms with E-state index in [-0.39, 0.29) is 5.69 Å². The first-order valence-corrected chi connectivity index (χ1v) is 11.4. The molecule has 0 saturated heterocycles. The highest BCUT2D eigenvalue weighted by atomic mass is 16.5. The second-order valence-electron chi connectivity index (χ2n) is 9.10. The van der Waals surface area contributed by atoms with E-state index >= 15 is 0 Å². The van der Waals surface area contributed by atoms with Gasteiger partial charge in [0.15, 0.2) is 11.5 Å². The van der Waals surface area contributed by atoms with E-state index in [1.807, 2.05) is 13.8 Å². The second kappa shape index (κ2) is 9.17. The molecule has 0 spiro atoms. The third-order valence-electron chi connectivity index (χ3n) is 6.02. The van der Waals surface area contributed by atoms with Crippen LogP contribution < -0.4 is 16.2 Å². The maximum Gasteiger partial charge on any atom is 0.340 e. The van der Waals surface area contributed by atoms with Crippen LogP contribution in [0.3, 0.4) is 0 Å². The van der Waals surface area contributed by atoms with E-state index in [2.05, 4.69) is 49.4 Å². The van der Waals surface area contributed by atoms with Gasteiger partial charge in [-0.3, -0.25) is 4.98 Å². The Balaban J connectivity index is 0.000000318. The van der Waals surface area contributed by atoms with E-state index < -0.39 is 5.60 Å². The zero-order valence-corrected chi connectivity index (χ0v) is 19.6. The van der Waals surface area contributed by atoms with Gasteiger partial charge in [-0.05, 0) is 52.0 Å². The average molecular weight is 450 g/mol. The van der Waals surface area contributed by atoms with Gasteiger partial charge < -0.3 is 10.5 Å². The number of rotatable bonds is 2. The van der Waals surface area contributed by atoms with Crippen molar-refractivity contribution < 1.29 is 4.74 Å². The molecule has 0 bridgehead atoms. The fourth-order valence-electron chi connectivity index (χ4n) is 4.39. The molecule has 33 heavy (non-hydrogen) atoms. The molecule has 9 nitrogen and oxygen atoms in total. The number of hydrogen-bond acceptors (Lipinski definition) is 7. The van der Waals surface area contributed by atoms with Crippen LogP contribution in [-0.4, -0.2) is 36.5 Å². The van der Waals surface area contributed by atoms with Crippen molar-refractivity contribution in [1.29, 1.82) is 0 Å². The minimum atomic E-state index is -0.577. The van der Waals surface area contributed by atoms with Crippen molar-refractivity contribution in [2.45, 2.75) is 71.3 Å². The smallest absolute Gasteiger partial charge is 0.340 e. The lowest BCUT2D eigenvalue weighted by Gasteiger charge is -2.32. The van der Waals surface area contributed by atoms with Gasteiger partial charge in [0, 0.05) is 5.56 Å². The van der Waals surface area contributed by atoms with Crippen LogP contribution >= 0.6 is 0 Å². The highest BCUT2D eigenvalue weighted by molar-refractivity contribution is 6.09. The molecule has 0 unspecified atom stereocenters. The number of benzene rings is 1. The fourth-order valence-corrected chi connectivity index (χ4v) is 4.39. The summed E-state index contributed by atoms with van der Waals surface area (Å²) in [5, 5.41) is 5.73. The molecule has 1 aromatic carbocycles. The summed E-state index contributed by atoms with van der Waals surface area (Å²) in [6.07, 6.45) is 6.66. The van der Waals surface area contributed by atoms with Crippen molar-refractivity contribution >= 4 is 17.2 Å². The summed E-state index contributed by atoms with van der Waals surface area (Å²) in [5.41, 5.74) is 9.10. The Morgan fingerprint density at radius 3 is 2.33 bits per heavy atom. The lowest BCUT2D eigenvalue weighted by Crippen LogP contribution is -2.41. The van der Waals surface area contributed by atoms with E-state index in [0.29, 0.717) is 35.0 Å². The monoisotopic (exact) mass is 449 g/mol. The lowest BCUT2D eigenvalue weighted by molar-refractivity contribution is 0.171. The number of aromatic nitrogens is 5. The molecule has 2 aliphatic rings. The van der Waals surface area contributed by atoms with Crippen LogP contribution in [0.15, 0.2) is 34.1 Å². The number of nitrogen functional groups attached to an aromatic ring is 1. The molecule has 5 rings (SSSR count). The zero-order chi connectivity index (χ0) is 23.6. The Morgan fingerprint density at radius 2 is 1.76 bits per heavy atom. The van der Waals surface area contributed by atoms with Crippen LogP contribution in [0.4, 0.5) is 11.5 Å². The van der Waals surface area contributed by atoms with Crippen molar-refractivity contribution in [3.05, 3.63) is 57.5 Å². The molecule has 1 aliphatic carbocycles. The minimum absolute atomic E-state index is 0.252. The number of anilines is 1. The molecule has 1 saturated carbocycles. The van der Waals surface area contributed by atoms with Crippen molar-refractivity contribution in [1.82, 2.24) is 25.1 Å². The molecule has 1 fully saturated rings. The van der Waals surface area contributed by atoms with Crippen LogP contribution in [0.2, 0.25) is 0 Å². The Labute approximate surface area is 192 Å². The maximum atomic E-state index is 10.1. The Hall–Kier alpha value is -3.49. The molecule has 174 valence electrons. The second-order valence-corrected chi connectivity index (χ2v) is 9.10. The van der Waals surface area contributed by atoms with Crippen molar-refractivity contribution in [2.75, 3.05) is 5.73 Å². The molecule has 0 atom stereocenters. The number of aliphatic imine (C=N–C) groups is 1. The average Bonchev–Trinajstić information content (AvgIpc) is 3.16. The molecule has 9 heteroatoms. The summed E-state index contributed by atoms with van der Waals surface area (Å²) in [7, 11) is 0. The van der Waals surface area contributed by atoms with Gasteiger partial charge in [-0.2, -0.15) is 10.1 Å². The van der Waals surface area contributed by atoms with Crippen LogP contribution in [0.5, 0.6) is 5.88 Å². The number of ether oxygens (including phenoxy) is 1. The SMILES string of the molecule is Cc1n[nH]c(=O)[nH]1.Cc1nc(N)c2c(n1)OC(C)(C)C(c1ccc(C3CCCCC3)cc1)=N2. The van der Waals surface area contributed by atoms with Gasteiger partial charge in [-0.1, -0.05) is 43.5 Å². The molecule has 1 aliphatic heterocycles. The van der Waals surface area contributed by atoms with Crippen molar-refractivity contribution in [3.8, 4) is 5.88 Å². The van der Waals surface area contributed by atoms with Crippen LogP contribution in [0, 0.1) is 13.8 Å². The van der Waals surface area contributed by atoms with Crippen molar-refractivity contribution in [2.24, 2.45) is 4.99 Å². The number of nitrogens with one attached hydrogen (secondary N) is 2. The fraction of sp³-hybridized carbons (Fsp3) is 0.458. The number of aryl methyl sites for hydroxylation is 2. The van der Waals surface area contributed by atoms with E-state index in [0.717, 1.165) is 11.3 Å². The maximum absolute atomic E-state index is 10.1. The molecule has 3 aromatic rings. The lowest BCUT2D eigenvalue weighted by atomic mass is 9.83. The van der Waals surface area contributed by atoms with Crippen LogP contribution in [0.25, 0.3) is 0 Å². The normalized spacial score (nSPS) is 17.3. The van der Waals surface area contributed by atoms with E-state index in [4.69, 9.17) is 15.5 Å². The third-order valence-corrected chi connectivity index (χ3v) is 6.02. The predicted molar refractivity (Wildman–Crippen MR) is 128 cm³/mol. The number of nitrogens with two attached hydrogens (primary N) is 1. The zero-order valence-electron chi connectivity index (χ0n) is 19.6. The van der Waals surface area contributed by atoms with Crippen LogP contribution in [0.1, 0.15) is 74.6 Å². The van der Waals surface area contributed by atoms with E-state index in [1.54, 1.807) is 13.8 Å². The van der Waals surface area contributed by atoms with Gasteiger partial charge in [0.05, 0.1) is 5.71 Å². The number of hydrogen-bond donors (Lipinski definition) is 3. The molecular weight excluding hydrogens is 418 g/mol. The summed E-state index contributed by atoms with van der Waals surface area (Å²) >= 11 is 0. The molecule has 0 radical (unpaired) electrons. The molecular formula is C24H31N7O2. The summed E-state index contributed by atoms with van der Waals surface area (Å²) in [6.45, 7) is 7.53. The van der Waals surface area contributed by atoms with Gasteiger partial charge in [0.2, 0.25) is 5.88 Å². The van der Waals surface area contributed by atoms with Gasteiger partial charge in [0.25, 0.3) is 0 Å². The highest BCUT2D eigenvalue weighted by Gasteiger charge is 2.35. The first-order valence-electron chi connectivity index (χ1n) is 11.4. The predicted octanol–water partition coefficient (Wildman–Crippen LogP) is 4.11. The summed E-state index contributed by atoms with van der Waals surface area (Å²) in [5.74, 6) is 2.72. The highest BCUT2D eigenvalue weighted by Crippen LogP contribution is 2.40. The first-order chi connectivity index (χ1) is 15.7. The molecule has 2 aromatic heterocycles.